The van der Waals surface area contributed by atoms with Gasteiger partial charge in [-0.2, -0.15) is 0 Å². The van der Waals surface area contributed by atoms with Gasteiger partial charge in [-0.3, -0.25) is 4.79 Å². The Labute approximate surface area is 86.9 Å². The predicted octanol–water partition coefficient (Wildman–Crippen LogP) is -0.0587. The van der Waals surface area contributed by atoms with Crippen LogP contribution in [-0.4, -0.2) is 39.9 Å². The molecule has 0 spiro atoms. The van der Waals surface area contributed by atoms with E-state index in [0.717, 1.165) is 6.29 Å². The molecule has 1 saturated heterocycles. The van der Waals surface area contributed by atoms with Crippen LogP contribution in [0.1, 0.15) is 23.1 Å². The molecule has 2 N–H and O–H groups in total. The quantitative estimate of drug-likeness (QED) is 0.687. The molecule has 1 unspecified atom stereocenters. The van der Waals surface area contributed by atoms with Gasteiger partial charge in [-0.1, -0.05) is 0 Å². The molecular weight excluding hydrogens is 198 g/mol. The molecule has 1 aliphatic rings. The van der Waals surface area contributed by atoms with Crippen molar-refractivity contribution in [3.8, 4) is 0 Å². The van der Waals surface area contributed by atoms with E-state index in [-0.39, 0.29) is 12.8 Å². The third-order valence-corrected chi connectivity index (χ3v) is 2.63. The van der Waals surface area contributed by atoms with Crippen molar-refractivity contribution in [3.63, 3.8) is 0 Å². The van der Waals surface area contributed by atoms with Gasteiger partial charge in [0.1, 0.15) is 12.3 Å². The Balaban J connectivity index is 2.16. The summed E-state index contributed by atoms with van der Waals surface area (Å²) in [6, 6.07) is 3.42. The summed E-state index contributed by atoms with van der Waals surface area (Å²) in [5.74, 6) is 0. The summed E-state index contributed by atoms with van der Waals surface area (Å²) in [5.41, 5.74) is 0.505. The Kier molecular flexibility index (Phi) is 2.86. The molecule has 2 rings (SSSR count). The molecule has 3 atom stereocenters. The maximum absolute atomic E-state index is 10.7. The highest BCUT2D eigenvalue weighted by molar-refractivity contribution is 5.72. The third kappa shape index (κ3) is 1.81. The molecule has 15 heavy (non-hydrogen) atoms. The molecule has 0 aliphatic carbocycles. The minimum atomic E-state index is -0.679. The number of hydrogen-bond acceptors (Lipinski definition) is 4. The second kappa shape index (κ2) is 4.14. The average Bonchev–Trinajstić information content (AvgIpc) is 2.82. The van der Waals surface area contributed by atoms with Gasteiger partial charge in [0.15, 0.2) is 6.29 Å². The van der Waals surface area contributed by atoms with Crippen molar-refractivity contribution < 1.29 is 19.7 Å². The molecule has 0 amide bonds. The number of aromatic nitrogens is 1. The van der Waals surface area contributed by atoms with Crippen LogP contribution in [0.2, 0.25) is 0 Å². The number of aliphatic hydroxyl groups excluding tert-OH is 2. The van der Waals surface area contributed by atoms with Crippen LogP contribution in [0.3, 0.4) is 0 Å². The number of nitrogens with zero attached hydrogens (tertiary/aromatic N) is 1. The predicted molar refractivity (Wildman–Crippen MR) is 51.4 cm³/mol. The first-order valence-electron chi connectivity index (χ1n) is 4.82. The normalized spacial score (nSPS) is 30.7. The molecule has 1 aromatic rings. The van der Waals surface area contributed by atoms with E-state index in [1.54, 1.807) is 22.9 Å². The van der Waals surface area contributed by atoms with Gasteiger partial charge in [0, 0.05) is 12.6 Å². The highest BCUT2D eigenvalue weighted by Gasteiger charge is 2.34. The molecule has 82 valence electrons. The SMILES string of the molecule is O=Cc1cccn1[C@H]1CC(O)[C@@H](CO)O1. The van der Waals surface area contributed by atoms with E-state index in [1.807, 2.05) is 0 Å². The van der Waals surface area contributed by atoms with Crippen molar-refractivity contribution in [2.75, 3.05) is 6.61 Å². The standard InChI is InChI=1S/C10H13NO4/c12-5-7-2-1-3-11(7)10-4-8(14)9(6-13)15-10/h1-3,5,8-10,13-14H,4,6H2/t8?,9-,10-/m1/s1. The minimum absolute atomic E-state index is 0.213. The number of aldehydes is 1. The number of carbonyl (C=O) groups excluding carboxylic acids is 1. The van der Waals surface area contributed by atoms with Crippen LogP contribution in [0.4, 0.5) is 0 Å². The number of aliphatic hydroxyl groups is 2. The zero-order valence-electron chi connectivity index (χ0n) is 8.11. The van der Waals surface area contributed by atoms with E-state index in [2.05, 4.69) is 0 Å². The van der Waals surface area contributed by atoms with Gasteiger partial charge in [-0.05, 0) is 12.1 Å². The Morgan fingerprint density at radius 1 is 1.67 bits per heavy atom. The molecule has 0 saturated carbocycles. The van der Waals surface area contributed by atoms with E-state index in [0.29, 0.717) is 12.1 Å². The van der Waals surface area contributed by atoms with Crippen LogP contribution in [0.25, 0.3) is 0 Å². The summed E-state index contributed by atoms with van der Waals surface area (Å²) >= 11 is 0. The highest BCUT2D eigenvalue weighted by atomic mass is 16.5. The zero-order valence-corrected chi connectivity index (χ0v) is 8.11. The fourth-order valence-corrected chi connectivity index (χ4v) is 1.82. The molecule has 2 heterocycles. The van der Waals surface area contributed by atoms with Crippen molar-refractivity contribution in [3.05, 3.63) is 24.0 Å². The van der Waals surface area contributed by atoms with E-state index in [1.165, 1.54) is 0 Å². The van der Waals surface area contributed by atoms with Crippen molar-refractivity contribution >= 4 is 6.29 Å². The van der Waals surface area contributed by atoms with Crippen LogP contribution in [0, 0.1) is 0 Å². The Hall–Kier alpha value is -1.17. The van der Waals surface area contributed by atoms with Crippen LogP contribution in [-0.2, 0) is 4.74 Å². The van der Waals surface area contributed by atoms with Crippen LogP contribution < -0.4 is 0 Å². The molecule has 5 heteroatoms. The van der Waals surface area contributed by atoms with Crippen LogP contribution in [0.15, 0.2) is 18.3 Å². The summed E-state index contributed by atoms with van der Waals surface area (Å²) in [6.45, 7) is -0.213. The number of rotatable bonds is 3. The second-order valence-corrected chi connectivity index (χ2v) is 3.57. The smallest absolute Gasteiger partial charge is 0.166 e. The largest absolute Gasteiger partial charge is 0.394 e. The molecule has 0 radical (unpaired) electrons. The Bertz CT molecular complexity index is 349. The summed E-state index contributed by atoms with van der Waals surface area (Å²) in [5, 5.41) is 18.4. The maximum Gasteiger partial charge on any atom is 0.166 e. The summed E-state index contributed by atoms with van der Waals surface area (Å²) < 4.78 is 7.07. The number of hydrogen-bond donors (Lipinski definition) is 2. The zero-order chi connectivity index (χ0) is 10.8. The summed E-state index contributed by atoms with van der Waals surface area (Å²) in [6.07, 6.45) is 1.25. The first-order chi connectivity index (χ1) is 7.26. The number of ether oxygens (including phenoxy) is 1. The van der Waals surface area contributed by atoms with E-state index < -0.39 is 12.2 Å². The number of carbonyl (C=O) groups is 1. The van der Waals surface area contributed by atoms with Gasteiger partial charge >= 0.3 is 0 Å². The lowest BCUT2D eigenvalue weighted by Crippen LogP contribution is -2.24. The lowest BCUT2D eigenvalue weighted by atomic mass is 10.2. The van der Waals surface area contributed by atoms with Gasteiger partial charge in [0.2, 0.25) is 0 Å². The van der Waals surface area contributed by atoms with Gasteiger partial charge in [0.25, 0.3) is 0 Å². The van der Waals surface area contributed by atoms with Crippen molar-refractivity contribution in [2.24, 2.45) is 0 Å². The minimum Gasteiger partial charge on any atom is -0.394 e. The highest BCUT2D eigenvalue weighted by Crippen LogP contribution is 2.29. The first kappa shape index (κ1) is 10.4. The van der Waals surface area contributed by atoms with Gasteiger partial charge in [-0.15, -0.1) is 0 Å². The lowest BCUT2D eigenvalue weighted by molar-refractivity contribution is -0.0445. The van der Waals surface area contributed by atoms with E-state index in [4.69, 9.17) is 9.84 Å². The van der Waals surface area contributed by atoms with Crippen molar-refractivity contribution in [2.45, 2.75) is 24.9 Å². The Morgan fingerprint density at radius 2 is 2.47 bits per heavy atom. The molecule has 1 aliphatic heterocycles. The summed E-state index contributed by atoms with van der Waals surface area (Å²) in [4.78, 5) is 10.7. The molecule has 0 aromatic carbocycles. The van der Waals surface area contributed by atoms with Crippen LogP contribution >= 0.6 is 0 Å². The van der Waals surface area contributed by atoms with Crippen molar-refractivity contribution in [1.82, 2.24) is 4.57 Å². The van der Waals surface area contributed by atoms with Crippen molar-refractivity contribution in [1.29, 1.82) is 0 Å². The average molecular weight is 211 g/mol. The monoisotopic (exact) mass is 211 g/mol. The topological polar surface area (TPSA) is 71.7 Å². The third-order valence-electron chi connectivity index (χ3n) is 2.63. The Morgan fingerprint density at radius 3 is 3.07 bits per heavy atom. The second-order valence-electron chi connectivity index (χ2n) is 3.57. The van der Waals surface area contributed by atoms with Gasteiger partial charge in [-0.25, -0.2) is 0 Å². The molecular formula is C10H13NO4. The summed E-state index contributed by atoms with van der Waals surface area (Å²) in [7, 11) is 0. The van der Waals surface area contributed by atoms with Crippen LogP contribution in [0.5, 0.6) is 0 Å². The molecule has 5 nitrogen and oxygen atoms in total. The lowest BCUT2D eigenvalue weighted by Gasteiger charge is -2.14. The van der Waals surface area contributed by atoms with E-state index >= 15 is 0 Å². The molecule has 1 fully saturated rings. The van der Waals surface area contributed by atoms with Gasteiger partial charge in [0.05, 0.1) is 18.4 Å². The van der Waals surface area contributed by atoms with E-state index in [9.17, 15) is 9.90 Å². The fourth-order valence-electron chi connectivity index (χ4n) is 1.82. The molecule has 1 aromatic heterocycles. The molecule has 0 bridgehead atoms. The fraction of sp³-hybridized carbons (Fsp3) is 0.500. The maximum atomic E-state index is 10.7. The first-order valence-corrected chi connectivity index (χ1v) is 4.82. The van der Waals surface area contributed by atoms with Gasteiger partial charge < -0.3 is 19.5 Å².